The van der Waals surface area contributed by atoms with Gasteiger partial charge < -0.3 is 20.4 Å². The molecular weight excluding hydrogens is 280 g/mol. The number of carbonyl (C=O) groups excluding carboxylic acids is 2. The lowest BCUT2D eigenvalue weighted by Crippen LogP contribution is -3.11. The highest BCUT2D eigenvalue weighted by Gasteiger charge is 2.13. The maximum Gasteiger partial charge on any atom is 0.275 e. The van der Waals surface area contributed by atoms with Crippen LogP contribution in [-0.4, -0.2) is 52.6 Å². The van der Waals surface area contributed by atoms with Gasteiger partial charge >= 0.3 is 0 Å². The van der Waals surface area contributed by atoms with Crippen LogP contribution in [-0.2, 0) is 16.1 Å². The standard InChI is InChI=1S/C16H26N4O2/c1-5-20(12-16(22)18-10-15(21)17-2)11-13-6-8-14(9-7-13)19(3)4/h6-9H,5,10-12H2,1-4H3,(H,17,21)(H,18,22)/p+1. The Morgan fingerprint density at radius 1 is 1.14 bits per heavy atom. The Morgan fingerprint density at radius 2 is 1.77 bits per heavy atom. The van der Waals surface area contributed by atoms with Gasteiger partial charge in [-0.2, -0.15) is 0 Å². The van der Waals surface area contributed by atoms with Gasteiger partial charge in [-0.05, 0) is 19.1 Å². The molecule has 1 unspecified atom stereocenters. The zero-order chi connectivity index (χ0) is 16.5. The molecule has 1 aromatic carbocycles. The second-order valence-corrected chi connectivity index (χ2v) is 5.47. The van der Waals surface area contributed by atoms with E-state index in [-0.39, 0.29) is 18.4 Å². The Morgan fingerprint density at radius 3 is 2.27 bits per heavy atom. The Kier molecular flexibility index (Phi) is 7.39. The summed E-state index contributed by atoms with van der Waals surface area (Å²) in [5, 5.41) is 5.11. The number of amides is 2. The summed E-state index contributed by atoms with van der Waals surface area (Å²) >= 11 is 0. The molecule has 0 fully saturated rings. The molecule has 6 heteroatoms. The van der Waals surface area contributed by atoms with E-state index in [1.54, 1.807) is 7.05 Å². The average molecular weight is 307 g/mol. The highest BCUT2D eigenvalue weighted by atomic mass is 16.2. The van der Waals surface area contributed by atoms with Gasteiger partial charge in [0.15, 0.2) is 6.54 Å². The van der Waals surface area contributed by atoms with Crippen molar-refractivity contribution in [2.24, 2.45) is 0 Å². The number of anilines is 1. The Bertz CT molecular complexity index is 485. The number of quaternary nitrogens is 1. The molecule has 1 atom stereocenters. The number of benzene rings is 1. The lowest BCUT2D eigenvalue weighted by atomic mass is 10.2. The number of nitrogens with one attached hydrogen (secondary N) is 3. The second kappa shape index (κ2) is 9.04. The van der Waals surface area contributed by atoms with Crippen LogP contribution in [0.5, 0.6) is 0 Å². The summed E-state index contributed by atoms with van der Waals surface area (Å²) in [6.07, 6.45) is 0. The van der Waals surface area contributed by atoms with E-state index in [1.165, 1.54) is 5.56 Å². The van der Waals surface area contributed by atoms with E-state index in [0.717, 1.165) is 23.7 Å². The summed E-state index contributed by atoms with van der Waals surface area (Å²) in [6, 6.07) is 8.34. The first-order chi connectivity index (χ1) is 10.5. The molecule has 122 valence electrons. The van der Waals surface area contributed by atoms with Crippen molar-refractivity contribution in [2.75, 3.05) is 45.7 Å². The van der Waals surface area contributed by atoms with E-state index in [4.69, 9.17) is 0 Å². The molecule has 2 amide bonds. The van der Waals surface area contributed by atoms with Crippen LogP contribution >= 0.6 is 0 Å². The third kappa shape index (κ3) is 6.13. The zero-order valence-electron chi connectivity index (χ0n) is 13.9. The Balaban J connectivity index is 2.50. The second-order valence-electron chi connectivity index (χ2n) is 5.47. The molecule has 0 spiro atoms. The van der Waals surface area contributed by atoms with Crippen molar-refractivity contribution in [3.63, 3.8) is 0 Å². The van der Waals surface area contributed by atoms with Crippen molar-refractivity contribution in [1.29, 1.82) is 0 Å². The highest BCUT2D eigenvalue weighted by Crippen LogP contribution is 2.11. The third-order valence-electron chi connectivity index (χ3n) is 3.54. The minimum Gasteiger partial charge on any atom is -0.378 e. The van der Waals surface area contributed by atoms with Gasteiger partial charge in [0, 0.05) is 32.4 Å². The fourth-order valence-corrected chi connectivity index (χ4v) is 2.07. The SMILES string of the molecule is CC[NH+](CC(=O)NCC(=O)NC)Cc1ccc(N(C)C)cc1. The van der Waals surface area contributed by atoms with E-state index < -0.39 is 0 Å². The van der Waals surface area contributed by atoms with Gasteiger partial charge in [-0.1, -0.05) is 12.1 Å². The number of hydrogen-bond acceptors (Lipinski definition) is 3. The number of likely N-dealkylation sites (N-methyl/N-ethyl adjacent to an activating group) is 2. The van der Waals surface area contributed by atoms with Gasteiger partial charge in [-0.25, -0.2) is 0 Å². The molecule has 0 aliphatic carbocycles. The van der Waals surface area contributed by atoms with Crippen LogP contribution < -0.4 is 20.4 Å². The van der Waals surface area contributed by atoms with Gasteiger partial charge in [0.25, 0.3) is 5.91 Å². The van der Waals surface area contributed by atoms with Crippen molar-refractivity contribution in [3.8, 4) is 0 Å². The largest absolute Gasteiger partial charge is 0.378 e. The van der Waals surface area contributed by atoms with Crippen LogP contribution in [0, 0.1) is 0 Å². The number of carbonyl (C=O) groups is 2. The van der Waals surface area contributed by atoms with Gasteiger partial charge in [0.1, 0.15) is 6.54 Å². The smallest absolute Gasteiger partial charge is 0.275 e. The molecule has 0 aliphatic rings. The monoisotopic (exact) mass is 307 g/mol. The molecule has 1 aromatic rings. The maximum atomic E-state index is 11.8. The zero-order valence-corrected chi connectivity index (χ0v) is 13.9. The molecule has 6 nitrogen and oxygen atoms in total. The molecule has 0 saturated heterocycles. The van der Waals surface area contributed by atoms with E-state index in [1.807, 2.05) is 14.1 Å². The molecule has 22 heavy (non-hydrogen) atoms. The summed E-state index contributed by atoms with van der Waals surface area (Å²) in [7, 11) is 5.57. The fourth-order valence-electron chi connectivity index (χ4n) is 2.07. The topological polar surface area (TPSA) is 65.9 Å². The van der Waals surface area contributed by atoms with Crippen LogP contribution in [0.1, 0.15) is 12.5 Å². The van der Waals surface area contributed by atoms with Crippen molar-refractivity contribution in [2.45, 2.75) is 13.5 Å². The van der Waals surface area contributed by atoms with Crippen molar-refractivity contribution < 1.29 is 14.5 Å². The fraction of sp³-hybridized carbons (Fsp3) is 0.500. The molecule has 0 bridgehead atoms. The van der Waals surface area contributed by atoms with Crippen molar-refractivity contribution in [1.82, 2.24) is 10.6 Å². The summed E-state index contributed by atoms with van der Waals surface area (Å²) in [5.41, 5.74) is 2.35. The van der Waals surface area contributed by atoms with Crippen LogP contribution in [0.25, 0.3) is 0 Å². The normalized spacial score (nSPS) is 11.6. The quantitative estimate of drug-likeness (QED) is 0.578. The first kappa shape index (κ1) is 18.0. The van der Waals surface area contributed by atoms with E-state index >= 15 is 0 Å². The molecule has 1 rings (SSSR count). The molecule has 0 radical (unpaired) electrons. The first-order valence-electron chi connectivity index (χ1n) is 7.53. The lowest BCUT2D eigenvalue weighted by molar-refractivity contribution is -0.904. The van der Waals surface area contributed by atoms with Gasteiger partial charge in [0.2, 0.25) is 5.91 Å². The van der Waals surface area contributed by atoms with Gasteiger partial charge in [-0.3, -0.25) is 9.59 Å². The minimum absolute atomic E-state index is 0.0316. The first-order valence-corrected chi connectivity index (χ1v) is 7.53. The van der Waals surface area contributed by atoms with Crippen LogP contribution in [0.3, 0.4) is 0 Å². The average Bonchev–Trinajstić information content (AvgIpc) is 2.52. The molecule has 0 aliphatic heterocycles. The lowest BCUT2D eigenvalue weighted by Gasteiger charge is -2.18. The molecule has 0 heterocycles. The van der Waals surface area contributed by atoms with Crippen LogP contribution in [0.4, 0.5) is 5.69 Å². The van der Waals surface area contributed by atoms with E-state index in [2.05, 4.69) is 46.7 Å². The number of hydrogen-bond donors (Lipinski definition) is 3. The Labute approximate surface area is 132 Å². The van der Waals surface area contributed by atoms with Crippen molar-refractivity contribution >= 4 is 17.5 Å². The van der Waals surface area contributed by atoms with Crippen LogP contribution in [0.2, 0.25) is 0 Å². The Hall–Kier alpha value is -2.08. The van der Waals surface area contributed by atoms with Gasteiger partial charge in [0.05, 0.1) is 13.1 Å². The summed E-state index contributed by atoms with van der Waals surface area (Å²) in [6.45, 7) is 4.09. The van der Waals surface area contributed by atoms with E-state index in [9.17, 15) is 9.59 Å². The molecule has 0 saturated carbocycles. The molecule has 0 aromatic heterocycles. The predicted molar refractivity (Wildman–Crippen MR) is 87.9 cm³/mol. The number of rotatable bonds is 8. The summed E-state index contributed by atoms with van der Waals surface area (Å²) < 4.78 is 0. The number of nitrogens with zero attached hydrogens (tertiary/aromatic N) is 1. The molecule has 3 N–H and O–H groups in total. The summed E-state index contributed by atoms with van der Waals surface area (Å²) in [4.78, 5) is 26.2. The summed E-state index contributed by atoms with van der Waals surface area (Å²) in [5.74, 6) is -0.295. The van der Waals surface area contributed by atoms with Crippen molar-refractivity contribution in [3.05, 3.63) is 29.8 Å². The third-order valence-corrected chi connectivity index (χ3v) is 3.54. The van der Waals surface area contributed by atoms with Gasteiger partial charge in [-0.15, -0.1) is 0 Å². The van der Waals surface area contributed by atoms with Crippen LogP contribution in [0.15, 0.2) is 24.3 Å². The maximum absolute atomic E-state index is 11.8. The highest BCUT2D eigenvalue weighted by molar-refractivity contribution is 5.84. The molecular formula is C16H27N4O2+. The predicted octanol–water partition coefficient (Wildman–Crippen LogP) is -0.980. The minimum atomic E-state index is -0.189. The van der Waals surface area contributed by atoms with E-state index in [0.29, 0.717) is 6.54 Å².